The number of para-hydroxylation sites is 1. The molecule has 0 radical (unpaired) electrons. The van der Waals surface area contributed by atoms with E-state index in [9.17, 15) is 9.59 Å². The number of carbonyl (C=O) groups is 2. The lowest BCUT2D eigenvalue weighted by Gasteiger charge is -2.13. The van der Waals surface area contributed by atoms with Crippen LogP contribution in [0.1, 0.15) is 61.9 Å². The average Bonchev–Trinajstić information content (AvgIpc) is 2.70. The smallest absolute Gasteiger partial charge is 0.259 e. The molecule has 0 aliphatic rings. The molecule has 0 heterocycles. The van der Waals surface area contributed by atoms with Gasteiger partial charge in [-0.25, -0.2) is 0 Å². The van der Waals surface area contributed by atoms with Crippen LogP contribution in [-0.2, 0) is 4.79 Å². The molecule has 0 atom stereocenters. The summed E-state index contributed by atoms with van der Waals surface area (Å²) >= 11 is 0. The Labute approximate surface area is 167 Å². The Balaban J connectivity index is 2.06. The second kappa shape index (κ2) is 11.1. The molecule has 0 saturated carbocycles. The van der Waals surface area contributed by atoms with Gasteiger partial charge >= 0.3 is 0 Å². The second-order valence-electron chi connectivity index (χ2n) is 6.79. The molecule has 2 aromatic rings. The van der Waals surface area contributed by atoms with Gasteiger partial charge in [-0.2, -0.15) is 0 Å². The molecule has 0 unspecified atom stereocenters. The third-order valence-electron chi connectivity index (χ3n) is 4.48. The Morgan fingerprint density at radius 3 is 2.50 bits per heavy atom. The number of hydrogen-bond acceptors (Lipinski definition) is 3. The molecule has 0 saturated heterocycles. The standard InChI is InChI=1S/C23H30N2O3/c1-4-6-7-10-15-28-21-12-9-8-11-19(21)23(27)24-18-14-13-17(3)20(16-18)25-22(26)5-2/h8-9,11-14,16H,4-7,10,15H2,1-3H3,(H,24,27)(H,25,26). The van der Waals surface area contributed by atoms with Crippen LogP contribution in [0.5, 0.6) is 5.75 Å². The fourth-order valence-corrected chi connectivity index (χ4v) is 2.76. The maximum atomic E-state index is 12.8. The number of aryl methyl sites for hydroxylation is 1. The first-order valence-electron chi connectivity index (χ1n) is 9.98. The molecule has 0 fully saturated rings. The number of amides is 2. The Morgan fingerprint density at radius 2 is 1.75 bits per heavy atom. The maximum absolute atomic E-state index is 12.8. The third-order valence-corrected chi connectivity index (χ3v) is 4.48. The normalized spacial score (nSPS) is 10.4. The lowest BCUT2D eigenvalue weighted by atomic mass is 10.1. The largest absolute Gasteiger partial charge is 0.493 e. The number of benzene rings is 2. The zero-order chi connectivity index (χ0) is 20.4. The predicted octanol–water partition coefficient (Wildman–Crippen LogP) is 5.55. The fourth-order valence-electron chi connectivity index (χ4n) is 2.76. The molecule has 150 valence electrons. The van der Waals surface area contributed by atoms with Crippen LogP contribution in [0.2, 0.25) is 0 Å². The molecule has 2 amide bonds. The summed E-state index contributed by atoms with van der Waals surface area (Å²) in [5.41, 5.74) is 2.76. The number of nitrogens with one attached hydrogen (secondary N) is 2. The summed E-state index contributed by atoms with van der Waals surface area (Å²) in [7, 11) is 0. The summed E-state index contributed by atoms with van der Waals surface area (Å²) in [6.45, 7) is 6.49. The molecular weight excluding hydrogens is 352 g/mol. The number of hydrogen-bond donors (Lipinski definition) is 2. The van der Waals surface area contributed by atoms with Gasteiger partial charge in [0.15, 0.2) is 0 Å². The summed E-state index contributed by atoms with van der Waals surface area (Å²) in [4.78, 5) is 24.5. The lowest BCUT2D eigenvalue weighted by molar-refractivity contribution is -0.115. The van der Waals surface area contributed by atoms with Crippen molar-refractivity contribution in [3.63, 3.8) is 0 Å². The minimum atomic E-state index is -0.235. The van der Waals surface area contributed by atoms with Gasteiger partial charge in [0, 0.05) is 17.8 Å². The molecule has 0 aliphatic heterocycles. The molecule has 0 aliphatic carbocycles. The van der Waals surface area contributed by atoms with E-state index < -0.39 is 0 Å². The van der Waals surface area contributed by atoms with E-state index in [2.05, 4.69) is 17.6 Å². The zero-order valence-electron chi connectivity index (χ0n) is 17.0. The summed E-state index contributed by atoms with van der Waals surface area (Å²) < 4.78 is 5.83. The van der Waals surface area contributed by atoms with Gasteiger partial charge in [0.25, 0.3) is 5.91 Å². The Morgan fingerprint density at radius 1 is 0.964 bits per heavy atom. The fraction of sp³-hybridized carbons (Fsp3) is 0.391. The van der Waals surface area contributed by atoms with Gasteiger partial charge in [-0.1, -0.05) is 51.3 Å². The van der Waals surface area contributed by atoms with Crippen molar-refractivity contribution >= 4 is 23.2 Å². The lowest BCUT2D eigenvalue weighted by Crippen LogP contribution is -2.15. The summed E-state index contributed by atoms with van der Waals surface area (Å²) in [5, 5.41) is 5.75. The first-order valence-corrected chi connectivity index (χ1v) is 9.98. The van der Waals surface area contributed by atoms with Crippen molar-refractivity contribution in [2.45, 2.75) is 52.9 Å². The maximum Gasteiger partial charge on any atom is 0.259 e. The molecule has 5 nitrogen and oxygen atoms in total. The van der Waals surface area contributed by atoms with E-state index in [4.69, 9.17) is 4.74 Å². The van der Waals surface area contributed by atoms with Crippen molar-refractivity contribution in [3.8, 4) is 5.75 Å². The highest BCUT2D eigenvalue weighted by atomic mass is 16.5. The first-order chi connectivity index (χ1) is 13.5. The molecular formula is C23H30N2O3. The van der Waals surface area contributed by atoms with E-state index in [0.717, 1.165) is 18.4 Å². The van der Waals surface area contributed by atoms with E-state index >= 15 is 0 Å². The SMILES string of the molecule is CCCCCCOc1ccccc1C(=O)Nc1ccc(C)c(NC(=O)CC)c1. The molecule has 2 rings (SSSR count). The van der Waals surface area contributed by atoms with Gasteiger partial charge in [0.05, 0.1) is 12.2 Å². The van der Waals surface area contributed by atoms with Gasteiger partial charge in [-0.3, -0.25) is 9.59 Å². The Hall–Kier alpha value is -2.82. The molecule has 28 heavy (non-hydrogen) atoms. The van der Waals surface area contributed by atoms with E-state index in [1.165, 1.54) is 12.8 Å². The molecule has 5 heteroatoms. The number of ether oxygens (including phenoxy) is 1. The van der Waals surface area contributed by atoms with Crippen LogP contribution in [-0.4, -0.2) is 18.4 Å². The summed E-state index contributed by atoms with van der Waals surface area (Å²) in [6.07, 6.45) is 4.87. The van der Waals surface area contributed by atoms with Gasteiger partial charge in [-0.15, -0.1) is 0 Å². The topological polar surface area (TPSA) is 67.4 Å². The first kappa shape index (κ1) is 21.5. The molecule has 2 N–H and O–H groups in total. The van der Waals surface area contributed by atoms with Gasteiger partial charge in [0.2, 0.25) is 5.91 Å². The monoisotopic (exact) mass is 382 g/mol. The molecule has 0 bridgehead atoms. The van der Waals surface area contributed by atoms with E-state index in [-0.39, 0.29) is 11.8 Å². The number of carbonyl (C=O) groups excluding carboxylic acids is 2. The minimum absolute atomic E-state index is 0.0617. The Kier molecular flexibility index (Phi) is 8.53. The van der Waals surface area contributed by atoms with Crippen molar-refractivity contribution in [1.29, 1.82) is 0 Å². The number of anilines is 2. The number of unbranched alkanes of at least 4 members (excludes halogenated alkanes) is 3. The van der Waals surface area contributed by atoms with Crippen molar-refractivity contribution in [2.75, 3.05) is 17.2 Å². The zero-order valence-corrected chi connectivity index (χ0v) is 17.0. The molecule has 0 aromatic heterocycles. The van der Waals surface area contributed by atoms with Gasteiger partial charge < -0.3 is 15.4 Å². The van der Waals surface area contributed by atoms with Crippen LogP contribution < -0.4 is 15.4 Å². The van der Waals surface area contributed by atoms with Crippen LogP contribution in [0.25, 0.3) is 0 Å². The van der Waals surface area contributed by atoms with Gasteiger partial charge in [-0.05, 0) is 43.2 Å². The van der Waals surface area contributed by atoms with Crippen molar-refractivity contribution in [2.24, 2.45) is 0 Å². The highest BCUT2D eigenvalue weighted by Crippen LogP contribution is 2.23. The third kappa shape index (κ3) is 6.41. The quantitative estimate of drug-likeness (QED) is 0.529. The highest BCUT2D eigenvalue weighted by Gasteiger charge is 2.13. The summed E-state index contributed by atoms with van der Waals surface area (Å²) in [6, 6.07) is 12.7. The minimum Gasteiger partial charge on any atom is -0.493 e. The number of rotatable bonds is 10. The Bertz CT molecular complexity index is 802. The summed E-state index contributed by atoms with van der Waals surface area (Å²) in [5.74, 6) is 0.289. The van der Waals surface area contributed by atoms with Crippen LogP contribution >= 0.6 is 0 Å². The van der Waals surface area contributed by atoms with Crippen LogP contribution in [0.3, 0.4) is 0 Å². The highest BCUT2D eigenvalue weighted by molar-refractivity contribution is 6.06. The van der Waals surface area contributed by atoms with Crippen LogP contribution in [0.4, 0.5) is 11.4 Å². The van der Waals surface area contributed by atoms with Crippen molar-refractivity contribution < 1.29 is 14.3 Å². The second-order valence-corrected chi connectivity index (χ2v) is 6.79. The van der Waals surface area contributed by atoms with E-state index in [1.54, 1.807) is 19.1 Å². The van der Waals surface area contributed by atoms with Gasteiger partial charge in [0.1, 0.15) is 5.75 Å². The van der Waals surface area contributed by atoms with Crippen LogP contribution in [0, 0.1) is 6.92 Å². The van der Waals surface area contributed by atoms with Crippen LogP contribution in [0.15, 0.2) is 42.5 Å². The molecule has 0 spiro atoms. The van der Waals surface area contributed by atoms with Crippen molar-refractivity contribution in [1.82, 2.24) is 0 Å². The molecule has 2 aromatic carbocycles. The predicted molar refractivity (Wildman–Crippen MR) is 114 cm³/mol. The average molecular weight is 383 g/mol. The van der Waals surface area contributed by atoms with Crippen molar-refractivity contribution in [3.05, 3.63) is 53.6 Å². The van der Waals surface area contributed by atoms with E-state index in [0.29, 0.717) is 35.7 Å². The van der Waals surface area contributed by atoms with E-state index in [1.807, 2.05) is 37.3 Å².